The highest BCUT2D eigenvalue weighted by Crippen LogP contribution is 2.29. The summed E-state index contributed by atoms with van der Waals surface area (Å²) in [5.41, 5.74) is 4.95. The highest BCUT2D eigenvalue weighted by Gasteiger charge is 2.33. The zero-order chi connectivity index (χ0) is 22.8. The average molecular weight is 429 g/mol. The average Bonchev–Trinajstić information content (AvgIpc) is 3.32. The molecule has 0 aliphatic carbocycles. The van der Waals surface area contributed by atoms with Crippen molar-refractivity contribution in [2.24, 2.45) is 11.8 Å². The lowest BCUT2D eigenvalue weighted by Gasteiger charge is -2.39. The number of carbonyl (C=O) groups is 1. The van der Waals surface area contributed by atoms with Gasteiger partial charge in [-0.1, -0.05) is 25.1 Å². The quantitative estimate of drug-likeness (QED) is 0.675. The number of aryl methyl sites for hydroxylation is 1. The maximum Gasteiger partial charge on any atom is 0.253 e. The second-order valence-corrected chi connectivity index (χ2v) is 8.82. The van der Waals surface area contributed by atoms with Gasteiger partial charge in [0.15, 0.2) is 0 Å². The Morgan fingerprint density at radius 3 is 2.53 bits per heavy atom. The van der Waals surface area contributed by atoms with Crippen LogP contribution in [0.15, 0.2) is 42.5 Å². The molecule has 164 valence electrons. The van der Waals surface area contributed by atoms with Gasteiger partial charge in [0, 0.05) is 54.4 Å². The van der Waals surface area contributed by atoms with Crippen LogP contribution in [0.25, 0.3) is 0 Å². The van der Waals surface area contributed by atoms with Crippen molar-refractivity contribution < 1.29 is 9.53 Å². The molecular formula is C26H28N4O2. The van der Waals surface area contributed by atoms with Crippen LogP contribution in [0.4, 0.5) is 0 Å². The van der Waals surface area contributed by atoms with E-state index in [1.54, 1.807) is 0 Å². The highest BCUT2D eigenvalue weighted by atomic mass is 16.5. The van der Waals surface area contributed by atoms with E-state index in [4.69, 9.17) is 20.8 Å². The molecule has 1 amide bonds. The molecule has 0 aromatic heterocycles. The predicted octanol–water partition coefficient (Wildman–Crippen LogP) is 4.17. The van der Waals surface area contributed by atoms with E-state index < -0.39 is 0 Å². The summed E-state index contributed by atoms with van der Waals surface area (Å²) >= 11 is 0. The number of hydrogen-bond acceptors (Lipinski definition) is 5. The third-order valence-electron chi connectivity index (χ3n) is 6.72. The number of rotatable bonds is 6. The molecule has 6 nitrogen and oxygen atoms in total. The van der Waals surface area contributed by atoms with Crippen molar-refractivity contribution in [1.82, 2.24) is 4.90 Å². The van der Waals surface area contributed by atoms with Crippen LogP contribution in [-0.4, -0.2) is 48.5 Å². The Labute approximate surface area is 188 Å². The van der Waals surface area contributed by atoms with Crippen molar-refractivity contribution >= 4 is 17.3 Å². The second-order valence-electron chi connectivity index (χ2n) is 8.82. The Morgan fingerprint density at radius 2 is 1.91 bits per heavy atom. The maximum absolute atomic E-state index is 13.1. The molecule has 2 aromatic carbocycles. The summed E-state index contributed by atoms with van der Waals surface area (Å²) in [7, 11) is 0. The molecule has 2 aromatic rings. The second kappa shape index (κ2) is 9.05. The van der Waals surface area contributed by atoms with Gasteiger partial charge in [-0.25, -0.2) is 0 Å². The lowest BCUT2D eigenvalue weighted by Crippen LogP contribution is -2.48. The molecule has 2 saturated heterocycles. The fraction of sp³-hybridized carbons (Fsp3) is 0.385. The molecule has 2 aliphatic heterocycles. The van der Waals surface area contributed by atoms with Gasteiger partial charge in [-0.2, -0.15) is 5.26 Å². The Hall–Kier alpha value is -3.30. The van der Waals surface area contributed by atoms with Crippen LogP contribution in [0.2, 0.25) is 0 Å². The molecule has 4 rings (SSSR count). The standard InChI is InChI=1S/C26H28N4O2/c1-16-3-6-20(11-23(16)25(29)17(2)24(28)21-9-10-32-15-21)26(31)30-13-22(14-30)19-7-4-18(12-27)5-8-19/h3-8,11,17,21-22,28-29H,9-10,13-15H2,1-2H3. The Bertz CT molecular complexity index is 1090. The third kappa shape index (κ3) is 4.21. The van der Waals surface area contributed by atoms with E-state index in [0.717, 1.165) is 23.1 Å². The Balaban J connectivity index is 1.44. The molecule has 2 heterocycles. The largest absolute Gasteiger partial charge is 0.381 e. The molecule has 2 unspecified atom stereocenters. The molecule has 2 N–H and O–H groups in total. The number of hydrogen-bond donors (Lipinski definition) is 2. The van der Waals surface area contributed by atoms with Crippen LogP contribution in [0.5, 0.6) is 0 Å². The summed E-state index contributed by atoms with van der Waals surface area (Å²) in [6.07, 6.45) is 0.837. The monoisotopic (exact) mass is 428 g/mol. The van der Waals surface area contributed by atoms with Crippen molar-refractivity contribution in [3.8, 4) is 6.07 Å². The summed E-state index contributed by atoms with van der Waals surface area (Å²) in [6.45, 7) is 6.37. The number of ether oxygens (including phenoxy) is 1. The van der Waals surface area contributed by atoms with Gasteiger partial charge >= 0.3 is 0 Å². The van der Waals surface area contributed by atoms with E-state index in [-0.39, 0.29) is 23.7 Å². The van der Waals surface area contributed by atoms with Crippen molar-refractivity contribution in [2.75, 3.05) is 26.3 Å². The van der Waals surface area contributed by atoms with E-state index in [9.17, 15) is 4.79 Å². The van der Waals surface area contributed by atoms with Crippen LogP contribution in [0.3, 0.4) is 0 Å². The zero-order valence-corrected chi connectivity index (χ0v) is 18.5. The molecule has 6 heteroatoms. The first-order chi connectivity index (χ1) is 15.4. The van der Waals surface area contributed by atoms with E-state index in [1.807, 2.05) is 61.2 Å². The van der Waals surface area contributed by atoms with E-state index in [1.165, 1.54) is 0 Å². The molecule has 2 fully saturated rings. The van der Waals surface area contributed by atoms with Gasteiger partial charge in [0.1, 0.15) is 0 Å². The van der Waals surface area contributed by atoms with Gasteiger partial charge in [-0.15, -0.1) is 0 Å². The number of likely N-dealkylation sites (tertiary alicyclic amines) is 1. The fourth-order valence-electron chi connectivity index (χ4n) is 4.43. The summed E-state index contributed by atoms with van der Waals surface area (Å²) < 4.78 is 5.41. The summed E-state index contributed by atoms with van der Waals surface area (Å²) in [5, 5.41) is 26.2. The van der Waals surface area contributed by atoms with Crippen molar-refractivity contribution in [2.45, 2.75) is 26.2 Å². The first-order valence-corrected chi connectivity index (χ1v) is 11.0. The van der Waals surface area contributed by atoms with Crippen molar-refractivity contribution in [3.63, 3.8) is 0 Å². The molecule has 0 radical (unpaired) electrons. The number of benzene rings is 2. The number of nitriles is 1. The summed E-state index contributed by atoms with van der Waals surface area (Å²) in [6, 6.07) is 15.2. The van der Waals surface area contributed by atoms with Crippen molar-refractivity contribution in [3.05, 3.63) is 70.3 Å². The SMILES string of the molecule is Cc1ccc(C(=O)N2CC(c3ccc(C#N)cc3)C2)cc1C(=N)C(C)C(=N)C1CCOC1. The third-order valence-corrected chi connectivity index (χ3v) is 6.72. The van der Waals surface area contributed by atoms with Crippen LogP contribution < -0.4 is 0 Å². The topological polar surface area (TPSA) is 101 Å². The minimum Gasteiger partial charge on any atom is -0.381 e. The highest BCUT2D eigenvalue weighted by molar-refractivity contribution is 6.14. The first kappa shape index (κ1) is 21.9. The van der Waals surface area contributed by atoms with Gasteiger partial charge in [0.2, 0.25) is 0 Å². The van der Waals surface area contributed by atoms with Gasteiger partial charge in [0.25, 0.3) is 5.91 Å². The number of carbonyl (C=O) groups excluding carboxylic acids is 1. The lowest BCUT2D eigenvalue weighted by molar-refractivity contribution is 0.0602. The van der Waals surface area contributed by atoms with Crippen LogP contribution in [0, 0.1) is 40.9 Å². The molecule has 2 aliphatic rings. The fourth-order valence-corrected chi connectivity index (χ4v) is 4.43. The number of amides is 1. The van der Waals surface area contributed by atoms with Gasteiger partial charge in [-0.05, 0) is 54.3 Å². The molecule has 0 bridgehead atoms. The maximum atomic E-state index is 13.1. The number of nitrogens with one attached hydrogen (secondary N) is 2. The Kier molecular flexibility index (Phi) is 6.20. The van der Waals surface area contributed by atoms with E-state index in [0.29, 0.717) is 48.9 Å². The molecule has 32 heavy (non-hydrogen) atoms. The minimum absolute atomic E-state index is 0.0316. The van der Waals surface area contributed by atoms with Crippen molar-refractivity contribution in [1.29, 1.82) is 16.1 Å². The Morgan fingerprint density at radius 1 is 1.19 bits per heavy atom. The van der Waals surface area contributed by atoms with Gasteiger partial charge in [0.05, 0.1) is 18.2 Å². The summed E-state index contributed by atoms with van der Waals surface area (Å²) in [4.78, 5) is 14.9. The van der Waals surface area contributed by atoms with E-state index >= 15 is 0 Å². The lowest BCUT2D eigenvalue weighted by atomic mass is 9.84. The first-order valence-electron chi connectivity index (χ1n) is 11.0. The van der Waals surface area contributed by atoms with Crippen LogP contribution in [0.1, 0.15) is 51.9 Å². The van der Waals surface area contributed by atoms with Gasteiger partial charge < -0.3 is 20.5 Å². The van der Waals surface area contributed by atoms with Crippen LogP contribution >= 0.6 is 0 Å². The number of nitrogens with zero attached hydrogens (tertiary/aromatic N) is 2. The minimum atomic E-state index is -0.310. The zero-order valence-electron chi connectivity index (χ0n) is 18.5. The molecule has 0 spiro atoms. The molecule has 2 atom stereocenters. The smallest absolute Gasteiger partial charge is 0.253 e. The predicted molar refractivity (Wildman–Crippen MR) is 124 cm³/mol. The summed E-state index contributed by atoms with van der Waals surface area (Å²) in [5.74, 6) is 0.0196. The molecular weight excluding hydrogens is 400 g/mol. The van der Waals surface area contributed by atoms with Gasteiger partial charge in [-0.3, -0.25) is 4.79 Å². The van der Waals surface area contributed by atoms with Crippen LogP contribution in [-0.2, 0) is 4.74 Å². The normalized spacial score (nSPS) is 19.2. The molecule has 0 saturated carbocycles. The van der Waals surface area contributed by atoms with E-state index in [2.05, 4.69) is 6.07 Å².